The number of rotatable bonds is 7. The SMILES string of the molecule is CCCNC(=O)c1ccc(C(=O)Nc2ccc(OC)cc2OC)cc1. The van der Waals surface area contributed by atoms with Crippen LogP contribution < -0.4 is 20.1 Å². The Labute approximate surface area is 147 Å². The van der Waals surface area contributed by atoms with Gasteiger partial charge in [-0.3, -0.25) is 9.59 Å². The maximum absolute atomic E-state index is 12.4. The highest BCUT2D eigenvalue weighted by atomic mass is 16.5. The van der Waals surface area contributed by atoms with E-state index in [9.17, 15) is 9.59 Å². The minimum atomic E-state index is -0.288. The van der Waals surface area contributed by atoms with Gasteiger partial charge in [0.2, 0.25) is 0 Å². The van der Waals surface area contributed by atoms with Gasteiger partial charge in [-0.15, -0.1) is 0 Å². The minimum Gasteiger partial charge on any atom is -0.497 e. The van der Waals surface area contributed by atoms with Gasteiger partial charge in [-0.1, -0.05) is 6.92 Å². The van der Waals surface area contributed by atoms with E-state index in [1.807, 2.05) is 6.92 Å². The van der Waals surface area contributed by atoms with E-state index < -0.39 is 0 Å². The molecule has 0 unspecified atom stereocenters. The van der Waals surface area contributed by atoms with Crippen LogP contribution in [0.25, 0.3) is 0 Å². The number of nitrogens with one attached hydrogen (secondary N) is 2. The molecule has 25 heavy (non-hydrogen) atoms. The largest absolute Gasteiger partial charge is 0.497 e. The number of carbonyl (C=O) groups is 2. The molecule has 2 aromatic carbocycles. The molecule has 0 spiro atoms. The van der Waals surface area contributed by atoms with Crippen molar-refractivity contribution < 1.29 is 19.1 Å². The van der Waals surface area contributed by atoms with Crippen molar-refractivity contribution in [2.75, 3.05) is 26.1 Å². The van der Waals surface area contributed by atoms with E-state index in [4.69, 9.17) is 9.47 Å². The van der Waals surface area contributed by atoms with Crippen molar-refractivity contribution in [3.8, 4) is 11.5 Å². The monoisotopic (exact) mass is 342 g/mol. The first-order chi connectivity index (χ1) is 12.1. The van der Waals surface area contributed by atoms with E-state index in [2.05, 4.69) is 10.6 Å². The molecule has 0 saturated carbocycles. The molecule has 2 rings (SSSR count). The van der Waals surface area contributed by atoms with Crippen LogP contribution in [-0.2, 0) is 0 Å². The summed E-state index contributed by atoms with van der Waals surface area (Å²) in [4.78, 5) is 24.3. The van der Waals surface area contributed by atoms with E-state index in [0.717, 1.165) is 6.42 Å². The standard InChI is InChI=1S/C19H22N2O4/c1-4-11-20-18(22)13-5-7-14(8-6-13)19(23)21-16-10-9-15(24-2)12-17(16)25-3/h5-10,12H,4,11H2,1-3H3,(H,20,22)(H,21,23). The second kappa shape index (κ2) is 8.73. The average molecular weight is 342 g/mol. The Kier molecular flexibility index (Phi) is 6.39. The van der Waals surface area contributed by atoms with Crippen molar-refractivity contribution in [2.45, 2.75) is 13.3 Å². The number of ether oxygens (including phenoxy) is 2. The van der Waals surface area contributed by atoms with Crippen LogP contribution in [0, 0.1) is 0 Å². The van der Waals surface area contributed by atoms with Crippen LogP contribution in [0.1, 0.15) is 34.1 Å². The fourth-order valence-corrected chi connectivity index (χ4v) is 2.21. The van der Waals surface area contributed by atoms with E-state index >= 15 is 0 Å². The number of carbonyl (C=O) groups excluding carboxylic acids is 2. The summed E-state index contributed by atoms with van der Waals surface area (Å²) in [6, 6.07) is 11.6. The summed E-state index contributed by atoms with van der Waals surface area (Å²) in [5.74, 6) is 0.704. The molecule has 0 fully saturated rings. The van der Waals surface area contributed by atoms with Crippen LogP contribution >= 0.6 is 0 Å². The Bertz CT molecular complexity index is 742. The third-order valence-electron chi connectivity index (χ3n) is 3.60. The number of amides is 2. The summed E-state index contributed by atoms with van der Waals surface area (Å²) in [7, 11) is 3.08. The van der Waals surface area contributed by atoms with Gasteiger partial charge in [-0.05, 0) is 42.8 Å². The van der Waals surface area contributed by atoms with Crippen LogP contribution in [0.15, 0.2) is 42.5 Å². The molecule has 0 radical (unpaired) electrons. The molecule has 0 aliphatic heterocycles. The predicted molar refractivity (Wildman–Crippen MR) is 96.6 cm³/mol. The van der Waals surface area contributed by atoms with Crippen molar-refractivity contribution in [2.24, 2.45) is 0 Å². The van der Waals surface area contributed by atoms with Crippen molar-refractivity contribution in [1.29, 1.82) is 0 Å². The number of methoxy groups -OCH3 is 2. The molecule has 0 aliphatic carbocycles. The Hall–Kier alpha value is -3.02. The summed E-state index contributed by atoms with van der Waals surface area (Å²) in [5.41, 5.74) is 1.51. The Morgan fingerprint density at radius 1 is 0.920 bits per heavy atom. The summed E-state index contributed by atoms with van der Waals surface area (Å²) in [6.07, 6.45) is 0.871. The van der Waals surface area contributed by atoms with Crippen LogP contribution in [-0.4, -0.2) is 32.6 Å². The molecule has 0 heterocycles. The van der Waals surface area contributed by atoms with Crippen LogP contribution in [0.5, 0.6) is 11.5 Å². The van der Waals surface area contributed by atoms with Gasteiger partial charge in [-0.25, -0.2) is 0 Å². The van der Waals surface area contributed by atoms with Gasteiger partial charge in [0.15, 0.2) is 0 Å². The van der Waals surface area contributed by atoms with Crippen LogP contribution in [0.4, 0.5) is 5.69 Å². The van der Waals surface area contributed by atoms with Crippen molar-refractivity contribution in [1.82, 2.24) is 5.32 Å². The lowest BCUT2D eigenvalue weighted by molar-refractivity contribution is 0.0951. The lowest BCUT2D eigenvalue weighted by Crippen LogP contribution is -2.24. The van der Waals surface area contributed by atoms with Gasteiger partial charge in [0, 0.05) is 23.7 Å². The molecule has 132 valence electrons. The maximum Gasteiger partial charge on any atom is 0.255 e. The summed E-state index contributed by atoms with van der Waals surface area (Å²) < 4.78 is 10.4. The number of hydrogen-bond acceptors (Lipinski definition) is 4. The van der Waals surface area contributed by atoms with Gasteiger partial charge in [0.05, 0.1) is 19.9 Å². The summed E-state index contributed by atoms with van der Waals surface area (Å²) >= 11 is 0. The molecule has 0 bridgehead atoms. The smallest absolute Gasteiger partial charge is 0.255 e. The summed E-state index contributed by atoms with van der Waals surface area (Å²) in [6.45, 7) is 2.61. The van der Waals surface area contributed by atoms with E-state index in [0.29, 0.717) is 34.9 Å². The zero-order valence-electron chi connectivity index (χ0n) is 14.6. The van der Waals surface area contributed by atoms with E-state index in [-0.39, 0.29) is 11.8 Å². The third-order valence-corrected chi connectivity index (χ3v) is 3.60. The number of anilines is 1. The lowest BCUT2D eigenvalue weighted by atomic mass is 10.1. The number of benzene rings is 2. The molecule has 0 aliphatic rings. The average Bonchev–Trinajstić information content (AvgIpc) is 2.66. The van der Waals surface area contributed by atoms with E-state index in [1.54, 1.807) is 49.6 Å². The molecular formula is C19H22N2O4. The highest BCUT2D eigenvalue weighted by Crippen LogP contribution is 2.29. The van der Waals surface area contributed by atoms with Crippen molar-refractivity contribution in [3.05, 3.63) is 53.6 Å². The predicted octanol–water partition coefficient (Wildman–Crippen LogP) is 3.10. The van der Waals surface area contributed by atoms with Crippen molar-refractivity contribution in [3.63, 3.8) is 0 Å². The Balaban J connectivity index is 2.10. The van der Waals surface area contributed by atoms with Gasteiger partial charge in [0.1, 0.15) is 11.5 Å². The van der Waals surface area contributed by atoms with Gasteiger partial charge in [0.25, 0.3) is 11.8 Å². The molecule has 0 saturated heterocycles. The molecule has 0 aromatic heterocycles. The fourth-order valence-electron chi connectivity index (χ4n) is 2.21. The number of hydrogen-bond donors (Lipinski definition) is 2. The second-order valence-electron chi connectivity index (χ2n) is 5.35. The molecule has 0 atom stereocenters. The van der Waals surface area contributed by atoms with Crippen LogP contribution in [0.2, 0.25) is 0 Å². The van der Waals surface area contributed by atoms with E-state index in [1.165, 1.54) is 7.11 Å². The first-order valence-corrected chi connectivity index (χ1v) is 8.00. The lowest BCUT2D eigenvalue weighted by Gasteiger charge is -2.12. The van der Waals surface area contributed by atoms with Crippen molar-refractivity contribution >= 4 is 17.5 Å². The fraction of sp³-hybridized carbons (Fsp3) is 0.263. The molecule has 6 heteroatoms. The maximum atomic E-state index is 12.4. The molecule has 2 amide bonds. The van der Waals surface area contributed by atoms with Gasteiger partial charge < -0.3 is 20.1 Å². The van der Waals surface area contributed by atoms with Gasteiger partial charge in [-0.2, -0.15) is 0 Å². The molecule has 6 nitrogen and oxygen atoms in total. The highest BCUT2D eigenvalue weighted by molar-refractivity contribution is 6.05. The van der Waals surface area contributed by atoms with Gasteiger partial charge >= 0.3 is 0 Å². The molecule has 2 N–H and O–H groups in total. The summed E-state index contributed by atoms with van der Waals surface area (Å²) in [5, 5.41) is 5.59. The third kappa shape index (κ3) is 4.73. The minimum absolute atomic E-state index is 0.148. The topological polar surface area (TPSA) is 76.7 Å². The zero-order valence-corrected chi connectivity index (χ0v) is 14.6. The highest BCUT2D eigenvalue weighted by Gasteiger charge is 2.12. The first kappa shape index (κ1) is 18.3. The first-order valence-electron chi connectivity index (χ1n) is 8.00. The van der Waals surface area contributed by atoms with Crippen LogP contribution in [0.3, 0.4) is 0 Å². The molecular weight excluding hydrogens is 320 g/mol. The Morgan fingerprint density at radius 2 is 1.56 bits per heavy atom. The quantitative estimate of drug-likeness (QED) is 0.811. The zero-order chi connectivity index (χ0) is 18.2. The second-order valence-corrected chi connectivity index (χ2v) is 5.35. The molecule has 2 aromatic rings. The normalized spacial score (nSPS) is 10.0. The Morgan fingerprint density at radius 3 is 2.12 bits per heavy atom.